The fourth-order valence-electron chi connectivity index (χ4n) is 3.66. The van der Waals surface area contributed by atoms with Crippen LogP contribution in [0.15, 0.2) is 52.4 Å². The molecule has 0 radical (unpaired) electrons. The van der Waals surface area contributed by atoms with Gasteiger partial charge in [-0.3, -0.25) is 9.59 Å². The van der Waals surface area contributed by atoms with Gasteiger partial charge in [0.1, 0.15) is 17.5 Å². The lowest BCUT2D eigenvalue weighted by Crippen LogP contribution is -2.33. The highest BCUT2D eigenvalue weighted by Gasteiger charge is 2.33. The van der Waals surface area contributed by atoms with Crippen molar-refractivity contribution in [1.29, 1.82) is 0 Å². The van der Waals surface area contributed by atoms with Crippen molar-refractivity contribution < 1.29 is 13.6 Å². The standard InChI is InChI=1S/C22H19F2N3O2S/c1-12-4-3-5-13(8-12)11-30-22-26-21(29)19-16(10-18(28)25-20(19)27(22)2)15-9-14(23)6-7-17(15)24/h3-9,16H,10-11H2,1-2H3,(H,25,28). The number of aryl methyl sites for hydroxylation is 1. The van der Waals surface area contributed by atoms with Gasteiger partial charge < -0.3 is 9.88 Å². The van der Waals surface area contributed by atoms with Crippen LogP contribution in [0.5, 0.6) is 0 Å². The summed E-state index contributed by atoms with van der Waals surface area (Å²) < 4.78 is 29.8. The SMILES string of the molecule is Cc1cccc(CSc2nc(=O)c3c(n2C)NC(=O)CC3c2cc(F)ccc2F)c1. The van der Waals surface area contributed by atoms with Crippen molar-refractivity contribution in [2.45, 2.75) is 30.2 Å². The van der Waals surface area contributed by atoms with Gasteiger partial charge in [-0.2, -0.15) is 4.98 Å². The number of benzene rings is 2. The Morgan fingerprint density at radius 3 is 2.77 bits per heavy atom. The molecule has 1 aliphatic heterocycles. The molecule has 0 aliphatic carbocycles. The first-order valence-corrected chi connectivity index (χ1v) is 10.4. The molecule has 0 fully saturated rings. The van der Waals surface area contributed by atoms with Gasteiger partial charge >= 0.3 is 0 Å². The van der Waals surface area contributed by atoms with Crippen molar-refractivity contribution in [2.24, 2.45) is 7.05 Å². The van der Waals surface area contributed by atoms with E-state index in [1.807, 2.05) is 31.2 Å². The molecule has 1 N–H and O–H groups in total. The summed E-state index contributed by atoms with van der Waals surface area (Å²) in [7, 11) is 1.69. The molecule has 1 amide bonds. The molecule has 8 heteroatoms. The van der Waals surface area contributed by atoms with Crippen LogP contribution < -0.4 is 10.9 Å². The highest BCUT2D eigenvalue weighted by atomic mass is 32.2. The van der Waals surface area contributed by atoms with Crippen molar-refractivity contribution >= 4 is 23.5 Å². The van der Waals surface area contributed by atoms with Crippen LogP contribution in [0.4, 0.5) is 14.6 Å². The van der Waals surface area contributed by atoms with E-state index in [4.69, 9.17) is 0 Å². The second-order valence-electron chi connectivity index (χ2n) is 7.27. The van der Waals surface area contributed by atoms with E-state index in [-0.39, 0.29) is 29.3 Å². The number of anilines is 1. The third-order valence-electron chi connectivity index (χ3n) is 5.08. The van der Waals surface area contributed by atoms with Gasteiger partial charge in [0.2, 0.25) is 5.91 Å². The molecule has 0 spiro atoms. The highest BCUT2D eigenvalue weighted by Crippen LogP contribution is 2.37. The van der Waals surface area contributed by atoms with Crippen LogP contribution in [0.3, 0.4) is 0 Å². The molecule has 2 heterocycles. The van der Waals surface area contributed by atoms with Crippen LogP contribution in [0.25, 0.3) is 0 Å². The lowest BCUT2D eigenvalue weighted by atomic mass is 9.86. The molecular weight excluding hydrogens is 408 g/mol. The Balaban J connectivity index is 1.75. The minimum Gasteiger partial charge on any atom is -0.312 e. The first-order valence-electron chi connectivity index (χ1n) is 9.37. The molecule has 1 aromatic heterocycles. The number of carbonyl (C=O) groups excluding carboxylic acids is 1. The summed E-state index contributed by atoms with van der Waals surface area (Å²) in [5.74, 6) is -1.70. The average Bonchev–Trinajstić information content (AvgIpc) is 2.71. The molecule has 0 saturated heterocycles. The van der Waals surface area contributed by atoms with Crippen LogP contribution in [0.1, 0.15) is 34.6 Å². The second-order valence-corrected chi connectivity index (χ2v) is 8.21. The summed E-state index contributed by atoms with van der Waals surface area (Å²) in [5.41, 5.74) is 1.80. The summed E-state index contributed by atoms with van der Waals surface area (Å²) in [6.07, 6.45) is -0.153. The number of halogens is 2. The number of rotatable bonds is 4. The number of aromatic nitrogens is 2. The Kier molecular flexibility index (Phi) is 5.42. The molecule has 154 valence electrons. The fourth-order valence-corrected chi connectivity index (χ4v) is 4.57. The van der Waals surface area contributed by atoms with Crippen LogP contribution in [0, 0.1) is 18.6 Å². The predicted molar refractivity (Wildman–Crippen MR) is 112 cm³/mol. The van der Waals surface area contributed by atoms with Gasteiger partial charge in [0, 0.05) is 25.1 Å². The first-order chi connectivity index (χ1) is 14.3. The minimum atomic E-state index is -0.897. The van der Waals surface area contributed by atoms with E-state index in [0.29, 0.717) is 10.9 Å². The number of amides is 1. The summed E-state index contributed by atoms with van der Waals surface area (Å²) in [6, 6.07) is 11.0. The Hall–Kier alpha value is -3.00. The van der Waals surface area contributed by atoms with Gasteiger partial charge in [-0.25, -0.2) is 8.78 Å². The summed E-state index contributed by atoms with van der Waals surface area (Å²) in [6.45, 7) is 2.00. The molecule has 4 rings (SSSR count). The smallest absolute Gasteiger partial charge is 0.279 e. The maximum absolute atomic E-state index is 14.4. The van der Waals surface area contributed by atoms with Crippen LogP contribution in [0.2, 0.25) is 0 Å². The van der Waals surface area contributed by atoms with E-state index in [0.717, 1.165) is 29.3 Å². The zero-order chi connectivity index (χ0) is 21.4. The quantitative estimate of drug-likeness (QED) is 0.502. The number of carbonyl (C=O) groups is 1. The Labute approximate surface area is 176 Å². The summed E-state index contributed by atoms with van der Waals surface area (Å²) in [4.78, 5) is 29.4. The molecule has 1 atom stereocenters. The molecular formula is C22H19F2N3O2S. The third-order valence-corrected chi connectivity index (χ3v) is 6.19. The Morgan fingerprint density at radius 1 is 1.20 bits per heavy atom. The van der Waals surface area contributed by atoms with E-state index in [1.165, 1.54) is 11.8 Å². The van der Waals surface area contributed by atoms with Crippen molar-refractivity contribution in [1.82, 2.24) is 9.55 Å². The van der Waals surface area contributed by atoms with E-state index < -0.39 is 23.1 Å². The monoisotopic (exact) mass is 427 g/mol. The summed E-state index contributed by atoms with van der Waals surface area (Å²) in [5, 5.41) is 3.14. The molecule has 0 saturated carbocycles. The molecule has 1 aliphatic rings. The number of hydrogen-bond acceptors (Lipinski definition) is 4. The lowest BCUT2D eigenvalue weighted by Gasteiger charge is -2.27. The number of nitrogens with one attached hydrogen (secondary N) is 1. The second kappa shape index (κ2) is 8.02. The highest BCUT2D eigenvalue weighted by molar-refractivity contribution is 7.98. The molecule has 30 heavy (non-hydrogen) atoms. The number of fused-ring (bicyclic) bond motifs is 1. The van der Waals surface area contributed by atoms with E-state index in [1.54, 1.807) is 11.6 Å². The molecule has 5 nitrogen and oxygen atoms in total. The average molecular weight is 427 g/mol. The van der Waals surface area contributed by atoms with Crippen molar-refractivity contribution in [3.8, 4) is 0 Å². The summed E-state index contributed by atoms with van der Waals surface area (Å²) >= 11 is 1.37. The Bertz CT molecular complexity index is 1210. The largest absolute Gasteiger partial charge is 0.312 e. The van der Waals surface area contributed by atoms with Crippen molar-refractivity contribution in [2.75, 3.05) is 5.32 Å². The predicted octanol–water partition coefficient (Wildman–Crippen LogP) is 4.13. The normalized spacial score (nSPS) is 15.6. The van der Waals surface area contributed by atoms with Gasteiger partial charge in [-0.05, 0) is 36.2 Å². The molecule has 2 aromatic carbocycles. The van der Waals surface area contributed by atoms with Gasteiger partial charge in [-0.1, -0.05) is 41.6 Å². The fraction of sp³-hybridized carbons (Fsp3) is 0.227. The topological polar surface area (TPSA) is 64.0 Å². The van der Waals surface area contributed by atoms with Crippen molar-refractivity contribution in [3.05, 3.63) is 86.7 Å². The zero-order valence-corrected chi connectivity index (χ0v) is 17.2. The number of nitrogens with zero attached hydrogens (tertiary/aromatic N) is 2. The van der Waals surface area contributed by atoms with E-state index in [2.05, 4.69) is 10.3 Å². The van der Waals surface area contributed by atoms with Crippen LogP contribution in [-0.2, 0) is 17.6 Å². The van der Waals surface area contributed by atoms with Crippen LogP contribution in [-0.4, -0.2) is 15.5 Å². The van der Waals surface area contributed by atoms with E-state index >= 15 is 0 Å². The Morgan fingerprint density at radius 2 is 2.00 bits per heavy atom. The maximum Gasteiger partial charge on any atom is 0.279 e. The van der Waals surface area contributed by atoms with Gasteiger partial charge in [0.05, 0.1) is 5.56 Å². The molecule has 3 aromatic rings. The third kappa shape index (κ3) is 3.87. The lowest BCUT2D eigenvalue weighted by molar-refractivity contribution is -0.116. The van der Waals surface area contributed by atoms with Gasteiger partial charge in [0.25, 0.3) is 5.56 Å². The minimum absolute atomic E-state index is 0.0230. The van der Waals surface area contributed by atoms with Crippen molar-refractivity contribution in [3.63, 3.8) is 0 Å². The number of thioether (sulfide) groups is 1. The zero-order valence-electron chi connectivity index (χ0n) is 16.4. The van der Waals surface area contributed by atoms with Gasteiger partial charge in [0.15, 0.2) is 5.16 Å². The first kappa shape index (κ1) is 20.3. The molecule has 1 unspecified atom stereocenters. The van der Waals surface area contributed by atoms with Crippen LogP contribution >= 0.6 is 11.8 Å². The number of hydrogen-bond donors (Lipinski definition) is 1. The van der Waals surface area contributed by atoms with Gasteiger partial charge in [-0.15, -0.1) is 0 Å². The maximum atomic E-state index is 14.4. The van der Waals surface area contributed by atoms with E-state index in [9.17, 15) is 18.4 Å². The molecule has 0 bridgehead atoms.